The minimum absolute atomic E-state index is 0.168. The molecule has 31 heavy (non-hydrogen) atoms. The van der Waals surface area contributed by atoms with Gasteiger partial charge in [-0.3, -0.25) is 9.56 Å². The van der Waals surface area contributed by atoms with Crippen LogP contribution in [-0.2, 0) is 17.8 Å². The summed E-state index contributed by atoms with van der Waals surface area (Å²) in [4.78, 5) is 16.7. The van der Waals surface area contributed by atoms with E-state index in [4.69, 9.17) is 32.9 Å². The summed E-state index contributed by atoms with van der Waals surface area (Å²) in [5.74, 6) is 1.23. The highest BCUT2D eigenvalue weighted by Gasteiger charge is 2.24. The summed E-state index contributed by atoms with van der Waals surface area (Å²) in [6.45, 7) is 2.90. The molecule has 0 aliphatic carbocycles. The first-order valence-electron chi connectivity index (χ1n) is 10.0. The van der Waals surface area contributed by atoms with E-state index in [-0.39, 0.29) is 6.54 Å². The second-order valence-electron chi connectivity index (χ2n) is 7.02. The maximum atomic E-state index is 12.0. The lowest BCUT2D eigenvalue weighted by Gasteiger charge is -2.15. The first-order valence-corrected chi connectivity index (χ1v) is 10.8. The van der Waals surface area contributed by atoms with E-state index in [2.05, 4.69) is 15.5 Å². The molecule has 7 nitrogen and oxygen atoms in total. The molecular formula is C22H21Cl2N5O2. The minimum atomic E-state index is -0.483. The SMILES string of the molecule is CCCCOC(=O)NCc1nnc2n1-c1ccc(Cl)cc1C(c1ccccc1Cl)=NC2. The zero-order valence-corrected chi connectivity index (χ0v) is 18.5. The van der Waals surface area contributed by atoms with Crippen molar-refractivity contribution < 1.29 is 9.53 Å². The van der Waals surface area contributed by atoms with Crippen molar-refractivity contribution in [2.24, 2.45) is 4.99 Å². The Morgan fingerprint density at radius 3 is 2.81 bits per heavy atom. The average Bonchev–Trinajstić information content (AvgIpc) is 3.09. The fourth-order valence-electron chi connectivity index (χ4n) is 3.37. The fraction of sp³-hybridized carbons (Fsp3) is 0.273. The molecule has 3 aromatic rings. The van der Waals surface area contributed by atoms with E-state index in [1.54, 1.807) is 6.07 Å². The Kier molecular flexibility index (Phi) is 6.53. The Bertz CT molecular complexity index is 1140. The second-order valence-corrected chi connectivity index (χ2v) is 7.86. The van der Waals surface area contributed by atoms with E-state index < -0.39 is 6.09 Å². The number of amides is 1. The van der Waals surface area contributed by atoms with Crippen molar-refractivity contribution >= 4 is 35.0 Å². The highest BCUT2D eigenvalue weighted by Crippen LogP contribution is 2.30. The number of rotatable bonds is 6. The predicted octanol–water partition coefficient (Wildman–Crippen LogP) is 4.95. The smallest absolute Gasteiger partial charge is 0.407 e. The number of fused-ring (bicyclic) bond motifs is 3. The van der Waals surface area contributed by atoms with Gasteiger partial charge in [-0.1, -0.05) is 54.7 Å². The van der Waals surface area contributed by atoms with Gasteiger partial charge in [-0.15, -0.1) is 10.2 Å². The monoisotopic (exact) mass is 457 g/mol. The van der Waals surface area contributed by atoms with Gasteiger partial charge >= 0.3 is 6.09 Å². The van der Waals surface area contributed by atoms with Crippen LogP contribution in [0.2, 0.25) is 10.0 Å². The number of hydrogen-bond donors (Lipinski definition) is 1. The molecule has 0 bridgehead atoms. The summed E-state index contributed by atoms with van der Waals surface area (Å²) in [6.07, 6.45) is 1.30. The first kappa shape index (κ1) is 21.3. The fourth-order valence-corrected chi connectivity index (χ4v) is 3.77. The number of unbranched alkanes of at least 4 members (excludes halogenated alkanes) is 1. The van der Waals surface area contributed by atoms with Crippen molar-refractivity contribution in [1.29, 1.82) is 0 Å². The summed E-state index contributed by atoms with van der Waals surface area (Å²) in [5, 5.41) is 12.5. The summed E-state index contributed by atoms with van der Waals surface area (Å²) < 4.78 is 7.05. The summed E-state index contributed by atoms with van der Waals surface area (Å²) >= 11 is 12.8. The van der Waals surface area contributed by atoms with Gasteiger partial charge in [-0.25, -0.2) is 4.79 Å². The molecule has 0 spiro atoms. The number of hydrogen-bond acceptors (Lipinski definition) is 5. The third-order valence-electron chi connectivity index (χ3n) is 4.88. The molecular weight excluding hydrogens is 437 g/mol. The molecule has 160 valence electrons. The molecule has 0 saturated carbocycles. The molecule has 0 saturated heterocycles. The molecule has 1 aliphatic heterocycles. The molecule has 4 rings (SSSR count). The van der Waals surface area contributed by atoms with E-state index in [0.717, 1.165) is 35.4 Å². The van der Waals surface area contributed by atoms with E-state index in [9.17, 15) is 4.79 Å². The third kappa shape index (κ3) is 4.57. The van der Waals surface area contributed by atoms with Gasteiger partial charge in [0.15, 0.2) is 11.6 Å². The molecule has 9 heteroatoms. The average molecular weight is 458 g/mol. The highest BCUT2D eigenvalue weighted by molar-refractivity contribution is 6.36. The molecule has 1 aromatic heterocycles. The van der Waals surface area contributed by atoms with Crippen LogP contribution in [-0.4, -0.2) is 33.2 Å². The van der Waals surface area contributed by atoms with Crippen molar-refractivity contribution in [3.63, 3.8) is 0 Å². The van der Waals surface area contributed by atoms with Crippen LogP contribution in [0, 0.1) is 0 Å². The summed E-state index contributed by atoms with van der Waals surface area (Å²) in [6, 6.07) is 13.1. The molecule has 1 aliphatic rings. The quantitative estimate of drug-likeness (QED) is 0.530. The molecule has 2 aromatic carbocycles. The number of alkyl carbamates (subject to hydrolysis) is 1. The topological polar surface area (TPSA) is 81.4 Å². The van der Waals surface area contributed by atoms with E-state index in [1.807, 2.05) is 47.9 Å². The van der Waals surface area contributed by atoms with Crippen LogP contribution in [0.3, 0.4) is 0 Å². The van der Waals surface area contributed by atoms with Crippen molar-refractivity contribution in [2.75, 3.05) is 6.61 Å². The highest BCUT2D eigenvalue weighted by atomic mass is 35.5. The molecule has 1 amide bonds. The lowest BCUT2D eigenvalue weighted by molar-refractivity contribution is 0.143. The lowest BCUT2D eigenvalue weighted by atomic mass is 10.0. The number of halogens is 2. The number of ether oxygens (including phenoxy) is 1. The zero-order valence-electron chi connectivity index (χ0n) is 16.9. The van der Waals surface area contributed by atoms with Crippen molar-refractivity contribution in [3.8, 4) is 5.69 Å². The Hall–Kier alpha value is -2.90. The van der Waals surface area contributed by atoms with Crippen molar-refractivity contribution in [3.05, 3.63) is 75.3 Å². The van der Waals surface area contributed by atoms with Gasteiger partial charge < -0.3 is 10.1 Å². The molecule has 0 radical (unpaired) electrons. The number of carbonyl (C=O) groups excluding carboxylic acids is 1. The van der Waals surface area contributed by atoms with Gasteiger partial charge in [-0.2, -0.15) is 0 Å². The van der Waals surface area contributed by atoms with E-state index in [1.165, 1.54) is 0 Å². The third-order valence-corrected chi connectivity index (χ3v) is 5.45. The van der Waals surface area contributed by atoms with Gasteiger partial charge in [0.05, 0.1) is 24.6 Å². The largest absolute Gasteiger partial charge is 0.450 e. The minimum Gasteiger partial charge on any atom is -0.450 e. The Labute approximate surface area is 190 Å². The number of aliphatic imine (C=N–C) groups is 1. The van der Waals surface area contributed by atoms with Crippen molar-refractivity contribution in [1.82, 2.24) is 20.1 Å². The number of nitrogens with one attached hydrogen (secondary N) is 1. The Balaban J connectivity index is 1.69. The predicted molar refractivity (Wildman–Crippen MR) is 120 cm³/mol. The molecule has 2 heterocycles. The lowest BCUT2D eigenvalue weighted by Crippen LogP contribution is -2.26. The van der Waals surface area contributed by atoms with Gasteiger partial charge in [0.2, 0.25) is 0 Å². The molecule has 0 fully saturated rings. The maximum absolute atomic E-state index is 12.0. The normalized spacial score (nSPS) is 12.4. The Morgan fingerprint density at radius 2 is 2.00 bits per heavy atom. The first-order chi connectivity index (χ1) is 15.1. The van der Waals surface area contributed by atoms with Crippen LogP contribution in [0.25, 0.3) is 5.69 Å². The number of carbonyl (C=O) groups is 1. The summed E-state index contributed by atoms with van der Waals surface area (Å²) in [7, 11) is 0. The number of benzene rings is 2. The van der Waals surface area contributed by atoms with Crippen molar-refractivity contribution in [2.45, 2.75) is 32.9 Å². The van der Waals surface area contributed by atoms with Gasteiger partial charge in [0.1, 0.15) is 6.54 Å². The Morgan fingerprint density at radius 1 is 1.16 bits per heavy atom. The van der Waals surface area contributed by atoms with Crippen LogP contribution in [0.15, 0.2) is 47.5 Å². The molecule has 1 N–H and O–H groups in total. The zero-order chi connectivity index (χ0) is 21.8. The van der Waals surface area contributed by atoms with Gasteiger partial charge in [0, 0.05) is 21.2 Å². The van der Waals surface area contributed by atoms with Crippen LogP contribution in [0.1, 0.15) is 42.5 Å². The van der Waals surface area contributed by atoms with E-state index >= 15 is 0 Å². The summed E-state index contributed by atoms with van der Waals surface area (Å²) in [5.41, 5.74) is 3.17. The van der Waals surface area contributed by atoms with Crippen LogP contribution < -0.4 is 5.32 Å². The standard InChI is InChI=1S/C22H21Cl2N5O2/c1-2-3-10-31-22(30)26-13-20-28-27-19-12-25-21(15-6-4-5-7-17(15)24)16-11-14(23)8-9-18(16)29(19)20/h4-9,11H,2-3,10,12-13H2,1H3,(H,26,30). The second kappa shape index (κ2) is 9.49. The molecule has 0 atom stereocenters. The van der Waals surface area contributed by atoms with Crippen LogP contribution >= 0.6 is 23.2 Å². The maximum Gasteiger partial charge on any atom is 0.407 e. The number of nitrogens with zero attached hydrogens (tertiary/aromatic N) is 4. The van der Waals surface area contributed by atoms with E-state index in [0.29, 0.717) is 34.8 Å². The number of aromatic nitrogens is 3. The molecule has 0 unspecified atom stereocenters. The van der Waals surface area contributed by atoms with Gasteiger partial charge in [-0.05, 0) is 30.7 Å². The van der Waals surface area contributed by atoms with Gasteiger partial charge in [0.25, 0.3) is 0 Å². The van der Waals surface area contributed by atoms with Crippen LogP contribution in [0.4, 0.5) is 4.79 Å². The van der Waals surface area contributed by atoms with Crippen LogP contribution in [0.5, 0.6) is 0 Å².